The summed E-state index contributed by atoms with van der Waals surface area (Å²) >= 11 is 0. The standard InChI is InChI=1S/C14H30N4.HI/c1-4-5-8-16-14(15)17-10-13-7-6-9-18(13)11-12(2)3;/h12-13H,4-11H2,1-3H3,(H3,15,16,17);1H/t13-;/m1./s1. The number of halogens is 1. The summed E-state index contributed by atoms with van der Waals surface area (Å²) < 4.78 is 0. The molecule has 19 heavy (non-hydrogen) atoms. The van der Waals surface area contributed by atoms with Crippen molar-refractivity contribution < 1.29 is 0 Å². The molecule has 1 aliphatic rings. The van der Waals surface area contributed by atoms with Crippen LogP contribution in [0.2, 0.25) is 0 Å². The zero-order chi connectivity index (χ0) is 13.4. The zero-order valence-corrected chi connectivity index (χ0v) is 15.0. The molecule has 0 radical (unpaired) electrons. The first-order valence-corrected chi connectivity index (χ1v) is 7.41. The zero-order valence-electron chi connectivity index (χ0n) is 12.7. The van der Waals surface area contributed by atoms with Crippen LogP contribution in [0.4, 0.5) is 0 Å². The average molecular weight is 382 g/mol. The van der Waals surface area contributed by atoms with Crippen LogP contribution < -0.4 is 11.1 Å². The van der Waals surface area contributed by atoms with E-state index in [0.29, 0.717) is 12.0 Å². The lowest BCUT2D eigenvalue weighted by atomic mass is 10.2. The number of hydrogen-bond donors (Lipinski definition) is 2. The summed E-state index contributed by atoms with van der Waals surface area (Å²) in [6, 6.07) is 0.596. The van der Waals surface area contributed by atoms with Crippen molar-refractivity contribution in [2.75, 3.05) is 26.2 Å². The first-order chi connectivity index (χ1) is 8.63. The van der Waals surface area contributed by atoms with Crippen molar-refractivity contribution in [3.8, 4) is 0 Å². The number of guanidine groups is 1. The lowest BCUT2D eigenvalue weighted by Gasteiger charge is -2.24. The molecule has 0 aromatic heterocycles. The Morgan fingerprint density at radius 3 is 2.84 bits per heavy atom. The number of aliphatic imine (C=N–C) groups is 1. The van der Waals surface area contributed by atoms with Gasteiger partial charge in [-0.3, -0.25) is 9.89 Å². The monoisotopic (exact) mass is 382 g/mol. The van der Waals surface area contributed by atoms with E-state index in [1.54, 1.807) is 0 Å². The minimum absolute atomic E-state index is 0. The van der Waals surface area contributed by atoms with Crippen molar-refractivity contribution in [1.82, 2.24) is 10.2 Å². The molecule has 3 N–H and O–H groups in total. The van der Waals surface area contributed by atoms with Crippen LogP contribution in [0.1, 0.15) is 46.5 Å². The molecule has 1 aliphatic heterocycles. The fourth-order valence-electron chi connectivity index (χ4n) is 2.46. The Bertz CT molecular complexity index is 256. The van der Waals surface area contributed by atoms with Gasteiger partial charge in [0.2, 0.25) is 0 Å². The van der Waals surface area contributed by atoms with Gasteiger partial charge < -0.3 is 11.1 Å². The van der Waals surface area contributed by atoms with Gasteiger partial charge in [0.25, 0.3) is 0 Å². The second kappa shape index (κ2) is 10.7. The highest BCUT2D eigenvalue weighted by atomic mass is 127. The quantitative estimate of drug-likeness (QED) is 0.308. The number of hydrogen-bond acceptors (Lipinski definition) is 2. The van der Waals surface area contributed by atoms with E-state index in [9.17, 15) is 0 Å². The molecule has 0 saturated carbocycles. The highest BCUT2D eigenvalue weighted by Crippen LogP contribution is 2.18. The third kappa shape index (κ3) is 7.97. The van der Waals surface area contributed by atoms with Gasteiger partial charge >= 0.3 is 0 Å². The van der Waals surface area contributed by atoms with E-state index in [2.05, 4.69) is 36.0 Å². The Hall–Kier alpha value is -0.0400. The van der Waals surface area contributed by atoms with Crippen molar-refractivity contribution in [3.05, 3.63) is 0 Å². The van der Waals surface area contributed by atoms with Gasteiger partial charge in [0.1, 0.15) is 0 Å². The molecule has 0 aromatic rings. The predicted octanol–water partition coefficient (Wildman–Crippen LogP) is 2.43. The maximum absolute atomic E-state index is 5.86. The van der Waals surface area contributed by atoms with Crippen LogP contribution in [0.5, 0.6) is 0 Å². The van der Waals surface area contributed by atoms with Gasteiger partial charge in [0.05, 0.1) is 6.54 Å². The smallest absolute Gasteiger partial charge is 0.188 e. The van der Waals surface area contributed by atoms with Crippen LogP contribution in [0, 0.1) is 5.92 Å². The number of nitrogens with one attached hydrogen (secondary N) is 1. The number of nitrogens with two attached hydrogens (primary N) is 1. The van der Waals surface area contributed by atoms with Crippen LogP contribution in [-0.4, -0.2) is 43.1 Å². The van der Waals surface area contributed by atoms with E-state index in [1.807, 2.05) is 0 Å². The van der Waals surface area contributed by atoms with Crippen molar-refractivity contribution in [1.29, 1.82) is 0 Å². The second-order valence-electron chi connectivity index (χ2n) is 5.69. The number of likely N-dealkylation sites (tertiary alicyclic amines) is 1. The lowest BCUT2D eigenvalue weighted by molar-refractivity contribution is 0.231. The van der Waals surface area contributed by atoms with Crippen LogP contribution in [0.15, 0.2) is 4.99 Å². The van der Waals surface area contributed by atoms with E-state index in [-0.39, 0.29) is 24.0 Å². The lowest BCUT2D eigenvalue weighted by Crippen LogP contribution is -2.37. The Labute approximate surface area is 135 Å². The van der Waals surface area contributed by atoms with E-state index in [0.717, 1.165) is 25.4 Å². The molecule has 1 saturated heterocycles. The molecule has 0 bridgehead atoms. The molecule has 0 aliphatic carbocycles. The van der Waals surface area contributed by atoms with Gasteiger partial charge in [-0.2, -0.15) is 0 Å². The first kappa shape index (κ1) is 19.0. The van der Waals surface area contributed by atoms with E-state index in [1.165, 1.54) is 32.4 Å². The molecule has 1 rings (SSSR count). The summed E-state index contributed by atoms with van der Waals surface area (Å²) in [5, 5.41) is 3.17. The fourth-order valence-corrected chi connectivity index (χ4v) is 2.46. The van der Waals surface area contributed by atoms with Gasteiger partial charge in [0.15, 0.2) is 5.96 Å². The average Bonchev–Trinajstić information content (AvgIpc) is 2.73. The van der Waals surface area contributed by atoms with Gasteiger partial charge in [-0.15, -0.1) is 24.0 Å². The highest BCUT2D eigenvalue weighted by Gasteiger charge is 2.24. The predicted molar refractivity (Wildman–Crippen MR) is 94.2 cm³/mol. The molecule has 0 amide bonds. The molecule has 1 heterocycles. The van der Waals surface area contributed by atoms with Crippen LogP contribution in [-0.2, 0) is 0 Å². The largest absolute Gasteiger partial charge is 0.370 e. The fraction of sp³-hybridized carbons (Fsp3) is 0.929. The van der Waals surface area contributed by atoms with Crippen LogP contribution in [0.3, 0.4) is 0 Å². The molecule has 114 valence electrons. The van der Waals surface area contributed by atoms with Crippen molar-refractivity contribution >= 4 is 29.9 Å². The molecular formula is C14H31IN4. The Balaban J connectivity index is 0.00000324. The summed E-state index contributed by atoms with van der Waals surface area (Å²) in [6.07, 6.45) is 4.90. The summed E-state index contributed by atoms with van der Waals surface area (Å²) in [7, 11) is 0. The summed E-state index contributed by atoms with van der Waals surface area (Å²) in [5.74, 6) is 1.34. The Morgan fingerprint density at radius 2 is 2.21 bits per heavy atom. The Kier molecular flexibility index (Phi) is 10.7. The normalized spacial score (nSPS) is 20.6. The third-order valence-electron chi connectivity index (χ3n) is 3.41. The number of unbranched alkanes of at least 4 members (excludes halogenated alkanes) is 1. The van der Waals surface area contributed by atoms with E-state index in [4.69, 9.17) is 5.73 Å². The van der Waals surface area contributed by atoms with Crippen molar-refractivity contribution in [3.63, 3.8) is 0 Å². The Morgan fingerprint density at radius 1 is 1.47 bits per heavy atom. The summed E-state index contributed by atoms with van der Waals surface area (Å²) in [6.45, 7) is 10.9. The minimum atomic E-state index is 0. The van der Waals surface area contributed by atoms with Crippen molar-refractivity contribution in [2.45, 2.75) is 52.5 Å². The van der Waals surface area contributed by atoms with Gasteiger partial charge in [0, 0.05) is 19.1 Å². The molecule has 5 heteroatoms. The number of nitrogens with zero attached hydrogens (tertiary/aromatic N) is 2. The summed E-state index contributed by atoms with van der Waals surface area (Å²) in [4.78, 5) is 7.04. The second-order valence-corrected chi connectivity index (χ2v) is 5.69. The van der Waals surface area contributed by atoms with Gasteiger partial charge in [-0.1, -0.05) is 27.2 Å². The topological polar surface area (TPSA) is 53.6 Å². The minimum Gasteiger partial charge on any atom is -0.370 e. The van der Waals surface area contributed by atoms with Crippen molar-refractivity contribution in [2.24, 2.45) is 16.6 Å². The van der Waals surface area contributed by atoms with E-state index >= 15 is 0 Å². The highest BCUT2D eigenvalue weighted by molar-refractivity contribution is 14.0. The third-order valence-corrected chi connectivity index (χ3v) is 3.41. The van der Waals surface area contributed by atoms with Crippen LogP contribution in [0.25, 0.3) is 0 Å². The van der Waals surface area contributed by atoms with Crippen LogP contribution >= 0.6 is 24.0 Å². The maximum atomic E-state index is 5.86. The maximum Gasteiger partial charge on any atom is 0.188 e. The van der Waals surface area contributed by atoms with Gasteiger partial charge in [-0.05, 0) is 31.7 Å². The molecule has 1 atom stereocenters. The molecule has 4 nitrogen and oxygen atoms in total. The SMILES string of the molecule is CCCCNC(N)=NC[C@H]1CCCN1CC(C)C.I. The molecule has 0 spiro atoms. The molecule has 0 aromatic carbocycles. The first-order valence-electron chi connectivity index (χ1n) is 7.41. The van der Waals surface area contributed by atoms with Gasteiger partial charge in [-0.25, -0.2) is 0 Å². The molecular weight excluding hydrogens is 351 g/mol. The summed E-state index contributed by atoms with van der Waals surface area (Å²) in [5.41, 5.74) is 5.86. The van der Waals surface area contributed by atoms with E-state index < -0.39 is 0 Å². The number of rotatable bonds is 7. The molecule has 1 fully saturated rings. The molecule has 0 unspecified atom stereocenters.